The van der Waals surface area contributed by atoms with Crippen LogP contribution in [0, 0.1) is 6.92 Å². The van der Waals surface area contributed by atoms with E-state index in [1.54, 1.807) is 31.2 Å². The molecule has 7 heteroatoms. The fraction of sp³-hybridized carbons (Fsp3) is 0.381. The number of hydrogen-bond acceptors (Lipinski definition) is 4. The molecule has 0 heterocycles. The van der Waals surface area contributed by atoms with E-state index in [0.29, 0.717) is 31.0 Å². The molecule has 2 aromatic carbocycles. The molecule has 1 amide bonds. The Bertz CT molecular complexity index is 878. The van der Waals surface area contributed by atoms with Gasteiger partial charge in [-0.2, -0.15) is 0 Å². The second-order valence-electron chi connectivity index (χ2n) is 6.61. The molecule has 0 aliphatic heterocycles. The van der Waals surface area contributed by atoms with Gasteiger partial charge in [0.1, 0.15) is 11.8 Å². The van der Waals surface area contributed by atoms with Crippen molar-refractivity contribution in [3.8, 4) is 5.75 Å². The van der Waals surface area contributed by atoms with Crippen molar-refractivity contribution in [2.45, 2.75) is 39.8 Å². The lowest BCUT2D eigenvalue weighted by Gasteiger charge is -2.30. The zero-order valence-corrected chi connectivity index (χ0v) is 17.6. The molecular formula is C21H28N2O4S. The molecule has 1 unspecified atom stereocenters. The van der Waals surface area contributed by atoms with Crippen molar-refractivity contribution in [2.75, 3.05) is 17.2 Å². The summed E-state index contributed by atoms with van der Waals surface area (Å²) in [4.78, 5) is 12.8. The van der Waals surface area contributed by atoms with Gasteiger partial charge in [0, 0.05) is 6.54 Å². The Kier molecular flexibility index (Phi) is 7.45. The second-order valence-corrected chi connectivity index (χ2v) is 8.47. The van der Waals surface area contributed by atoms with Crippen LogP contribution >= 0.6 is 0 Å². The van der Waals surface area contributed by atoms with Crippen molar-refractivity contribution in [2.24, 2.45) is 0 Å². The molecule has 0 aliphatic carbocycles. The summed E-state index contributed by atoms with van der Waals surface area (Å²) in [6.07, 6.45) is 1.46. The standard InChI is InChI=1S/C21H28N2O4S/c1-5-20(21(24)22-15-17-9-7-16(3)8-10-17)23(28(4,25)26)18-11-13-19(14-12-18)27-6-2/h7-14,20H,5-6,15H2,1-4H3,(H,22,24). The molecule has 2 aromatic rings. The highest BCUT2D eigenvalue weighted by atomic mass is 32.2. The number of benzene rings is 2. The Morgan fingerprint density at radius 2 is 1.68 bits per heavy atom. The summed E-state index contributed by atoms with van der Waals surface area (Å²) >= 11 is 0. The van der Waals surface area contributed by atoms with Gasteiger partial charge in [0.15, 0.2) is 0 Å². The van der Waals surface area contributed by atoms with Crippen molar-refractivity contribution in [1.29, 1.82) is 0 Å². The smallest absolute Gasteiger partial charge is 0.244 e. The maximum absolute atomic E-state index is 12.8. The first-order chi connectivity index (χ1) is 13.3. The van der Waals surface area contributed by atoms with Gasteiger partial charge in [0.05, 0.1) is 18.6 Å². The third-order valence-electron chi connectivity index (χ3n) is 4.32. The number of ether oxygens (including phenoxy) is 1. The van der Waals surface area contributed by atoms with Crippen LogP contribution in [-0.4, -0.2) is 33.2 Å². The highest BCUT2D eigenvalue weighted by molar-refractivity contribution is 7.92. The Hall–Kier alpha value is -2.54. The number of carbonyl (C=O) groups excluding carboxylic acids is 1. The Labute approximate surface area is 167 Å². The van der Waals surface area contributed by atoms with Gasteiger partial charge in [-0.1, -0.05) is 36.8 Å². The first-order valence-electron chi connectivity index (χ1n) is 9.31. The van der Waals surface area contributed by atoms with E-state index < -0.39 is 16.1 Å². The van der Waals surface area contributed by atoms with Crippen LogP contribution in [0.4, 0.5) is 5.69 Å². The lowest BCUT2D eigenvalue weighted by molar-refractivity contribution is -0.122. The van der Waals surface area contributed by atoms with Gasteiger partial charge in [-0.3, -0.25) is 9.10 Å². The maximum Gasteiger partial charge on any atom is 0.244 e. The van der Waals surface area contributed by atoms with Crippen LogP contribution in [0.25, 0.3) is 0 Å². The molecule has 0 saturated carbocycles. The first kappa shape index (κ1) is 21.8. The number of nitrogens with one attached hydrogen (secondary N) is 1. The predicted octanol–water partition coefficient (Wildman–Crippen LogP) is 3.25. The molecule has 0 radical (unpaired) electrons. The number of sulfonamides is 1. The molecule has 6 nitrogen and oxygen atoms in total. The summed E-state index contributed by atoms with van der Waals surface area (Å²) < 4.78 is 31.5. The molecule has 1 N–H and O–H groups in total. The quantitative estimate of drug-likeness (QED) is 0.696. The van der Waals surface area contributed by atoms with Crippen LogP contribution in [0.3, 0.4) is 0 Å². The van der Waals surface area contributed by atoms with Crippen molar-refractivity contribution in [1.82, 2.24) is 5.32 Å². The Morgan fingerprint density at radius 1 is 1.07 bits per heavy atom. The molecular weight excluding hydrogens is 376 g/mol. The van der Waals surface area contributed by atoms with Crippen LogP contribution in [0.2, 0.25) is 0 Å². The van der Waals surface area contributed by atoms with Gasteiger partial charge in [-0.05, 0) is 50.1 Å². The minimum atomic E-state index is -3.66. The highest BCUT2D eigenvalue weighted by Gasteiger charge is 2.31. The average Bonchev–Trinajstić information content (AvgIpc) is 2.65. The number of carbonyl (C=O) groups is 1. The molecule has 0 bridgehead atoms. The summed E-state index contributed by atoms with van der Waals surface area (Å²) in [7, 11) is -3.66. The van der Waals surface area contributed by atoms with Crippen molar-refractivity contribution in [3.63, 3.8) is 0 Å². The highest BCUT2D eigenvalue weighted by Crippen LogP contribution is 2.25. The molecule has 2 rings (SSSR count). The number of rotatable bonds is 9. The predicted molar refractivity (Wildman–Crippen MR) is 112 cm³/mol. The van der Waals surface area contributed by atoms with E-state index in [-0.39, 0.29) is 5.91 Å². The lowest BCUT2D eigenvalue weighted by Crippen LogP contribution is -2.49. The van der Waals surface area contributed by atoms with Gasteiger partial charge in [0.2, 0.25) is 15.9 Å². The monoisotopic (exact) mass is 404 g/mol. The topological polar surface area (TPSA) is 75.7 Å². The van der Waals surface area contributed by atoms with Crippen molar-refractivity contribution < 1.29 is 17.9 Å². The summed E-state index contributed by atoms with van der Waals surface area (Å²) in [5.41, 5.74) is 2.53. The minimum Gasteiger partial charge on any atom is -0.494 e. The van der Waals surface area contributed by atoms with Crippen LogP contribution in [0.1, 0.15) is 31.4 Å². The molecule has 0 fully saturated rings. The van der Waals surface area contributed by atoms with E-state index in [4.69, 9.17) is 4.74 Å². The Balaban J connectivity index is 2.21. The van der Waals surface area contributed by atoms with E-state index in [0.717, 1.165) is 17.4 Å². The zero-order chi connectivity index (χ0) is 20.7. The van der Waals surface area contributed by atoms with Gasteiger partial charge in [0.25, 0.3) is 0 Å². The molecule has 0 aliphatic rings. The van der Waals surface area contributed by atoms with Crippen molar-refractivity contribution in [3.05, 3.63) is 59.7 Å². The van der Waals surface area contributed by atoms with Crippen LogP contribution in [-0.2, 0) is 21.4 Å². The largest absolute Gasteiger partial charge is 0.494 e. The van der Waals surface area contributed by atoms with Crippen LogP contribution in [0.5, 0.6) is 5.75 Å². The molecule has 0 aromatic heterocycles. The van der Waals surface area contributed by atoms with E-state index >= 15 is 0 Å². The Morgan fingerprint density at radius 3 is 2.18 bits per heavy atom. The van der Waals surface area contributed by atoms with Crippen LogP contribution in [0.15, 0.2) is 48.5 Å². The third-order valence-corrected chi connectivity index (χ3v) is 5.50. The normalized spacial score (nSPS) is 12.3. The molecule has 152 valence electrons. The minimum absolute atomic E-state index is 0.331. The van der Waals surface area contributed by atoms with E-state index in [2.05, 4.69) is 5.32 Å². The van der Waals surface area contributed by atoms with E-state index in [1.807, 2.05) is 38.1 Å². The van der Waals surface area contributed by atoms with Crippen LogP contribution < -0.4 is 14.4 Å². The van der Waals surface area contributed by atoms with Crippen molar-refractivity contribution >= 4 is 21.6 Å². The number of amides is 1. The van der Waals surface area contributed by atoms with Gasteiger partial charge < -0.3 is 10.1 Å². The third kappa shape index (κ3) is 5.73. The number of hydrogen-bond donors (Lipinski definition) is 1. The molecule has 28 heavy (non-hydrogen) atoms. The number of anilines is 1. The average molecular weight is 405 g/mol. The lowest BCUT2D eigenvalue weighted by atomic mass is 10.1. The molecule has 0 spiro atoms. The number of nitrogens with zero attached hydrogens (tertiary/aromatic N) is 1. The molecule has 0 saturated heterocycles. The SMILES string of the molecule is CCOc1ccc(N(C(CC)C(=O)NCc2ccc(C)cc2)S(C)(=O)=O)cc1. The maximum atomic E-state index is 12.8. The van der Waals surface area contributed by atoms with Gasteiger partial charge >= 0.3 is 0 Å². The fourth-order valence-electron chi connectivity index (χ4n) is 2.93. The first-order valence-corrected chi connectivity index (χ1v) is 11.2. The summed E-state index contributed by atoms with van der Waals surface area (Å²) in [6, 6.07) is 13.7. The zero-order valence-electron chi connectivity index (χ0n) is 16.8. The summed E-state index contributed by atoms with van der Waals surface area (Å²) in [5.74, 6) is 0.318. The fourth-order valence-corrected chi connectivity index (χ4v) is 4.14. The summed E-state index contributed by atoms with van der Waals surface area (Å²) in [5, 5.41) is 2.85. The van der Waals surface area contributed by atoms with Gasteiger partial charge in [-0.25, -0.2) is 8.42 Å². The van der Waals surface area contributed by atoms with E-state index in [9.17, 15) is 13.2 Å². The second kappa shape index (κ2) is 9.59. The van der Waals surface area contributed by atoms with Gasteiger partial charge in [-0.15, -0.1) is 0 Å². The number of aryl methyl sites for hydroxylation is 1. The van der Waals surface area contributed by atoms with E-state index in [1.165, 1.54) is 4.31 Å². The summed E-state index contributed by atoms with van der Waals surface area (Å²) in [6.45, 7) is 6.53. The molecule has 1 atom stereocenters.